The Morgan fingerprint density at radius 2 is 2.24 bits per heavy atom. The Bertz CT molecular complexity index is 529. The highest BCUT2D eigenvalue weighted by Gasteiger charge is 2.20. The first-order chi connectivity index (χ1) is 9.91. The van der Waals surface area contributed by atoms with E-state index < -0.39 is 0 Å². The van der Waals surface area contributed by atoms with Crippen molar-refractivity contribution in [1.82, 2.24) is 0 Å². The summed E-state index contributed by atoms with van der Waals surface area (Å²) in [5.41, 5.74) is 8.06. The highest BCUT2D eigenvalue weighted by atomic mass is 16.5. The molecule has 0 radical (unpaired) electrons. The van der Waals surface area contributed by atoms with Gasteiger partial charge in [0.15, 0.2) is 6.61 Å². The average molecular weight is 293 g/mol. The molecule has 116 valence electrons. The van der Waals surface area contributed by atoms with Crippen LogP contribution in [-0.2, 0) is 4.79 Å². The van der Waals surface area contributed by atoms with E-state index in [-0.39, 0.29) is 24.5 Å². The van der Waals surface area contributed by atoms with Gasteiger partial charge in [-0.15, -0.1) is 0 Å². The quantitative estimate of drug-likeness (QED) is 0.600. The number of amides is 1. The van der Waals surface area contributed by atoms with E-state index in [9.17, 15) is 4.79 Å². The Labute approximate surface area is 124 Å². The van der Waals surface area contributed by atoms with Crippen LogP contribution in [0.4, 0.5) is 17.1 Å². The topological polar surface area (TPSA) is 96.6 Å². The molecule has 6 nitrogen and oxygen atoms in total. The number of fused-ring (bicyclic) bond motifs is 1. The lowest BCUT2D eigenvalue weighted by Gasteiger charge is -2.26. The zero-order valence-corrected chi connectivity index (χ0v) is 12.5. The van der Waals surface area contributed by atoms with E-state index in [1.807, 2.05) is 0 Å². The Hall–Kier alpha value is -1.95. The minimum atomic E-state index is -0.165. The molecule has 1 aromatic rings. The summed E-state index contributed by atoms with van der Waals surface area (Å²) in [6.45, 7) is 5.22. The molecule has 1 aliphatic heterocycles. The number of carbonyl (C=O) groups excluding carboxylic acids is 1. The molecule has 1 aromatic carbocycles. The molecule has 0 unspecified atom stereocenters. The second-order valence-corrected chi connectivity index (χ2v) is 6.12. The Kier molecular flexibility index (Phi) is 4.57. The van der Waals surface area contributed by atoms with Gasteiger partial charge in [-0.1, -0.05) is 13.8 Å². The second kappa shape index (κ2) is 6.22. The van der Waals surface area contributed by atoms with E-state index in [0.29, 0.717) is 17.1 Å². The van der Waals surface area contributed by atoms with E-state index in [2.05, 4.69) is 24.5 Å². The fraction of sp³-hybridized carbons (Fsp3) is 0.533. The molecule has 0 saturated heterocycles. The van der Waals surface area contributed by atoms with Crippen LogP contribution < -0.4 is 21.1 Å². The molecule has 0 saturated carbocycles. The maximum Gasteiger partial charge on any atom is 0.262 e. The number of ether oxygens (including phenoxy) is 1. The van der Waals surface area contributed by atoms with Crippen LogP contribution in [0.5, 0.6) is 5.75 Å². The van der Waals surface area contributed by atoms with Crippen molar-refractivity contribution in [3.05, 3.63) is 12.1 Å². The minimum absolute atomic E-state index is 0.0212. The van der Waals surface area contributed by atoms with Crippen molar-refractivity contribution >= 4 is 23.0 Å². The van der Waals surface area contributed by atoms with Crippen molar-refractivity contribution < 1.29 is 14.6 Å². The van der Waals surface area contributed by atoms with Crippen LogP contribution in [0.2, 0.25) is 0 Å². The number of hydrogen-bond acceptors (Lipinski definition) is 5. The summed E-state index contributed by atoms with van der Waals surface area (Å²) in [6.07, 6.45) is 1.69. The first-order valence-electron chi connectivity index (χ1n) is 7.12. The number of anilines is 3. The van der Waals surface area contributed by atoms with Gasteiger partial charge in [-0.2, -0.15) is 0 Å². The molecule has 1 amide bonds. The SMILES string of the molecule is CC(C)(CCCO)CNc1cc2c(cc1N)OCC(=O)N2. The average Bonchev–Trinajstić information content (AvgIpc) is 2.43. The Balaban J connectivity index is 2.07. The molecule has 0 spiro atoms. The van der Waals surface area contributed by atoms with Crippen LogP contribution >= 0.6 is 0 Å². The van der Waals surface area contributed by atoms with Crippen LogP contribution in [0.1, 0.15) is 26.7 Å². The fourth-order valence-corrected chi connectivity index (χ4v) is 2.28. The number of nitrogens with two attached hydrogens (primary N) is 1. The van der Waals surface area contributed by atoms with Gasteiger partial charge in [-0.05, 0) is 24.3 Å². The van der Waals surface area contributed by atoms with Gasteiger partial charge in [-0.25, -0.2) is 0 Å². The van der Waals surface area contributed by atoms with Gasteiger partial charge in [0.1, 0.15) is 5.75 Å². The van der Waals surface area contributed by atoms with Crippen molar-refractivity contribution in [3.8, 4) is 5.75 Å². The molecule has 2 rings (SSSR count). The van der Waals surface area contributed by atoms with Crippen molar-refractivity contribution in [2.45, 2.75) is 26.7 Å². The first kappa shape index (κ1) is 15.4. The third-order valence-electron chi connectivity index (χ3n) is 3.55. The molecule has 6 heteroatoms. The van der Waals surface area contributed by atoms with E-state index in [4.69, 9.17) is 15.6 Å². The number of aliphatic hydroxyl groups excluding tert-OH is 1. The lowest BCUT2D eigenvalue weighted by molar-refractivity contribution is -0.118. The third-order valence-corrected chi connectivity index (χ3v) is 3.55. The number of benzene rings is 1. The summed E-state index contributed by atoms with van der Waals surface area (Å²) in [4.78, 5) is 11.3. The van der Waals surface area contributed by atoms with Crippen molar-refractivity contribution in [1.29, 1.82) is 0 Å². The zero-order valence-electron chi connectivity index (χ0n) is 12.5. The molecule has 0 aliphatic carbocycles. The lowest BCUT2D eigenvalue weighted by Crippen LogP contribution is -2.26. The largest absolute Gasteiger partial charge is 0.482 e. The van der Waals surface area contributed by atoms with Gasteiger partial charge in [-0.3, -0.25) is 4.79 Å². The van der Waals surface area contributed by atoms with Crippen LogP contribution in [0.3, 0.4) is 0 Å². The van der Waals surface area contributed by atoms with Crippen molar-refractivity contribution in [3.63, 3.8) is 0 Å². The predicted octanol–water partition coefficient (Wildman–Crippen LogP) is 1.81. The third kappa shape index (κ3) is 4.01. The van der Waals surface area contributed by atoms with Crippen molar-refractivity contribution in [2.75, 3.05) is 36.1 Å². The Morgan fingerprint density at radius 3 is 2.95 bits per heavy atom. The summed E-state index contributed by atoms with van der Waals surface area (Å²) in [7, 11) is 0. The molecule has 0 bridgehead atoms. The van der Waals surface area contributed by atoms with Gasteiger partial charge in [0.05, 0.1) is 17.1 Å². The standard InChI is InChI=1S/C15H23N3O3/c1-15(2,4-3-5-19)9-17-11-7-12-13(6-10(11)16)21-8-14(20)18-12/h6-7,17,19H,3-5,8-9,16H2,1-2H3,(H,18,20). The molecule has 0 atom stereocenters. The maximum atomic E-state index is 11.3. The van der Waals surface area contributed by atoms with Gasteiger partial charge in [0, 0.05) is 19.2 Å². The summed E-state index contributed by atoms with van der Waals surface area (Å²) in [5.74, 6) is 0.429. The molecule has 1 heterocycles. The molecule has 0 fully saturated rings. The predicted molar refractivity (Wildman–Crippen MR) is 83.6 cm³/mol. The van der Waals surface area contributed by atoms with E-state index in [0.717, 1.165) is 25.1 Å². The number of carbonyl (C=O) groups is 1. The normalized spacial score (nSPS) is 14.1. The number of aliphatic hydroxyl groups is 1. The summed E-state index contributed by atoms with van der Waals surface area (Å²) < 4.78 is 5.32. The summed E-state index contributed by atoms with van der Waals surface area (Å²) >= 11 is 0. The van der Waals surface area contributed by atoms with E-state index in [1.54, 1.807) is 12.1 Å². The molecule has 0 aromatic heterocycles. The maximum absolute atomic E-state index is 11.3. The number of hydrogen-bond donors (Lipinski definition) is 4. The fourth-order valence-electron chi connectivity index (χ4n) is 2.28. The van der Waals surface area contributed by atoms with Gasteiger partial charge in [0.2, 0.25) is 0 Å². The first-order valence-corrected chi connectivity index (χ1v) is 7.12. The smallest absolute Gasteiger partial charge is 0.262 e. The van der Waals surface area contributed by atoms with Crippen molar-refractivity contribution in [2.24, 2.45) is 5.41 Å². The van der Waals surface area contributed by atoms with Crippen LogP contribution in [0.25, 0.3) is 0 Å². The summed E-state index contributed by atoms with van der Waals surface area (Å²) in [6, 6.07) is 3.52. The van der Waals surface area contributed by atoms with Gasteiger partial charge < -0.3 is 26.2 Å². The van der Waals surface area contributed by atoms with Crippen LogP contribution in [0, 0.1) is 5.41 Å². The lowest BCUT2D eigenvalue weighted by atomic mass is 9.88. The van der Waals surface area contributed by atoms with Gasteiger partial charge in [0.25, 0.3) is 5.91 Å². The van der Waals surface area contributed by atoms with E-state index >= 15 is 0 Å². The molecule has 1 aliphatic rings. The van der Waals surface area contributed by atoms with E-state index in [1.165, 1.54) is 0 Å². The second-order valence-electron chi connectivity index (χ2n) is 6.12. The molecule has 21 heavy (non-hydrogen) atoms. The number of nitrogen functional groups attached to an aromatic ring is 1. The molecule has 5 N–H and O–H groups in total. The summed E-state index contributed by atoms with van der Waals surface area (Å²) in [5, 5.41) is 15.0. The van der Waals surface area contributed by atoms with Crippen LogP contribution in [-0.4, -0.2) is 30.8 Å². The monoisotopic (exact) mass is 293 g/mol. The minimum Gasteiger partial charge on any atom is -0.482 e. The Morgan fingerprint density at radius 1 is 1.48 bits per heavy atom. The zero-order chi connectivity index (χ0) is 15.5. The van der Waals surface area contributed by atoms with Crippen LogP contribution in [0.15, 0.2) is 12.1 Å². The molecular formula is C15H23N3O3. The number of nitrogens with one attached hydrogen (secondary N) is 2. The van der Waals surface area contributed by atoms with Gasteiger partial charge >= 0.3 is 0 Å². The molecular weight excluding hydrogens is 270 g/mol. The highest BCUT2D eigenvalue weighted by Crippen LogP contribution is 2.35. The highest BCUT2D eigenvalue weighted by molar-refractivity contribution is 5.97. The number of rotatable bonds is 6.